The zero-order valence-electron chi connectivity index (χ0n) is 10.9. The van der Waals surface area contributed by atoms with Crippen molar-refractivity contribution in [2.24, 2.45) is 17.8 Å². The first-order valence-corrected chi connectivity index (χ1v) is 6.71. The fraction of sp³-hybridized carbons (Fsp3) is 0.467. The molecule has 19 heavy (non-hydrogen) atoms. The third-order valence-corrected chi connectivity index (χ3v) is 4.52. The minimum Gasteiger partial charge on any atom is -0.478 e. The summed E-state index contributed by atoms with van der Waals surface area (Å²) in [5.41, 5.74) is 0.675. The van der Waals surface area contributed by atoms with Gasteiger partial charge in [-0.2, -0.15) is 0 Å². The van der Waals surface area contributed by atoms with Gasteiger partial charge in [-0.1, -0.05) is 18.6 Å². The van der Waals surface area contributed by atoms with Crippen LogP contribution >= 0.6 is 0 Å². The fourth-order valence-electron chi connectivity index (χ4n) is 3.48. The monoisotopic (exact) mass is 259 g/mol. The second-order valence-electron chi connectivity index (χ2n) is 5.50. The Morgan fingerprint density at radius 1 is 1.21 bits per heavy atom. The van der Waals surface area contributed by atoms with E-state index in [1.54, 1.807) is 25.2 Å². The molecule has 0 aliphatic heterocycles. The molecule has 4 heteroatoms. The zero-order valence-corrected chi connectivity index (χ0v) is 10.9. The molecule has 2 atom stereocenters. The number of amides is 1. The molecule has 0 bridgehead atoms. The highest BCUT2D eigenvalue weighted by Gasteiger charge is 2.57. The number of nitrogens with zero attached hydrogens (tertiary/aromatic N) is 1. The molecule has 4 nitrogen and oxygen atoms in total. The highest BCUT2D eigenvalue weighted by atomic mass is 16.4. The van der Waals surface area contributed by atoms with E-state index >= 15 is 0 Å². The molecule has 0 saturated heterocycles. The summed E-state index contributed by atoms with van der Waals surface area (Å²) in [7, 11) is 1.68. The first-order chi connectivity index (χ1) is 9.11. The van der Waals surface area contributed by atoms with Crippen LogP contribution in [0.4, 0.5) is 5.69 Å². The Kier molecular flexibility index (Phi) is 2.81. The minimum absolute atomic E-state index is 0.0726. The number of hydrogen-bond acceptors (Lipinski definition) is 2. The highest BCUT2D eigenvalue weighted by molar-refractivity contribution is 6.03. The Bertz CT molecular complexity index is 530. The van der Waals surface area contributed by atoms with Gasteiger partial charge in [0, 0.05) is 13.0 Å². The second-order valence-corrected chi connectivity index (χ2v) is 5.50. The lowest BCUT2D eigenvalue weighted by atomic mass is 10.1. The molecule has 0 aromatic heterocycles. The van der Waals surface area contributed by atoms with Crippen molar-refractivity contribution in [3.8, 4) is 0 Å². The topological polar surface area (TPSA) is 57.6 Å². The van der Waals surface area contributed by atoms with Crippen molar-refractivity contribution in [1.29, 1.82) is 0 Å². The van der Waals surface area contributed by atoms with Gasteiger partial charge in [0.05, 0.1) is 11.3 Å². The maximum Gasteiger partial charge on any atom is 0.337 e. The van der Waals surface area contributed by atoms with Crippen molar-refractivity contribution >= 4 is 17.6 Å². The normalized spacial score (nSPS) is 27.7. The Morgan fingerprint density at radius 3 is 2.47 bits per heavy atom. The van der Waals surface area contributed by atoms with E-state index in [0.717, 1.165) is 12.8 Å². The number of carbonyl (C=O) groups is 2. The Hall–Kier alpha value is -1.84. The van der Waals surface area contributed by atoms with E-state index in [0.29, 0.717) is 17.5 Å². The van der Waals surface area contributed by atoms with Crippen LogP contribution < -0.4 is 4.90 Å². The molecule has 0 radical (unpaired) electrons. The van der Waals surface area contributed by atoms with E-state index in [-0.39, 0.29) is 17.4 Å². The molecular weight excluding hydrogens is 242 g/mol. The van der Waals surface area contributed by atoms with Gasteiger partial charge in [-0.05, 0) is 36.8 Å². The van der Waals surface area contributed by atoms with Crippen LogP contribution in [0.3, 0.4) is 0 Å². The van der Waals surface area contributed by atoms with Crippen molar-refractivity contribution < 1.29 is 14.7 Å². The van der Waals surface area contributed by atoms with Crippen LogP contribution in [0, 0.1) is 17.8 Å². The van der Waals surface area contributed by atoms with E-state index < -0.39 is 5.97 Å². The number of anilines is 1. The molecule has 0 heterocycles. The van der Waals surface area contributed by atoms with Gasteiger partial charge < -0.3 is 10.0 Å². The van der Waals surface area contributed by atoms with Crippen LogP contribution in [0.5, 0.6) is 0 Å². The summed E-state index contributed by atoms with van der Waals surface area (Å²) in [6.45, 7) is 0. The lowest BCUT2D eigenvalue weighted by Gasteiger charge is -2.20. The quantitative estimate of drug-likeness (QED) is 0.906. The van der Waals surface area contributed by atoms with Gasteiger partial charge in [-0.3, -0.25) is 4.79 Å². The SMILES string of the molecule is CN(C(=O)C1C2CCCC21)c1ccccc1C(=O)O. The molecule has 2 aliphatic carbocycles. The third-order valence-electron chi connectivity index (χ3n) is 4.52. The lowest BCUT2D eigenvalue weighted by Crippen LogP contribution is -2.30. The van der Waals surface area contributed by atoms with Gasteiger partial charge in [0.15, 0.2) is 0 Å². The summed E-state index contributed by atoms with van der Waals surface area (Å²) in [5, 5.41) is 9.17. The van der Waals surface area contributed by atoms with Gasteiger partial charge in [0.25, 0.3) is 0 Å². The number of carboxylic acids is 1. The molecule has 2 aliphatic rings. The molecule has 3 rings (SSSR count). The number of hydrogen-bond donors (Lipinski definition) is 1. The average molecular weight is 259 g/mol. The van der Waals surface area contributed by atoms with E-state index in [1.165, 1.54) is 17.4 Å². The number of fused-ring (bicyclic) bond motifs is 1. The minimum atomic E-state index is -0.994. The molecule has 1 N–H and O–H groups in total. The largest absolute Gasteiger partial charge is 0.478 e. The average Bonchev–Trinajstić information content (AvgIpc) is 2.89. The van der Waals surface area contributed by atoms with Crippen molar-refractivity contribution in [3.05, 3.63) is 29.8 Å². The molecule has 0 spiro atoms. The molecule has 2 saturated carbocycles. The maximum absolute atomic E-state index is 12.4. The van der Waals surface area contributed by atoms with Gasteiger partial charge in [-0.25, -0.2) is 4.79 Å². The lowest BCUT2D eigenvalue weighted by molar-refractivity contribution is -0.120. The smallest absolute Gasteiger partial charge is 0.337 e. The number of aromatic carboxylic acids is 1. The predicted octanol–water partition coefficient (Wildman–Crippen LogP) is 2.39. The summed E-state index contributed by atoms with van der Waals surface area (Å²) >= 11 is 0. The highest BCUT2D eigenvalue weighted by Crippen LogP contribution is 2.58. The Balaban J connectivity index is 1.82. The fourth-order valence-corrected chi connectivity index (χ4v) is 3.48. The molecule has 2 fully saturated rings. The van der Waals surface area contributed by atoms with Crippen LogP contribution in [-0.4, -0.2) is 24.0 Å². The van der Waals surface area contributed by atoms with Gasteiger partial charge >= 0.3 is 5.97 Å². The Morgan fingerprint density at radius 2 is 1.84 bits per heavy atom. The van der Waals surface area contributed by atoms with Crippen molar-refractivity contribution in [2.45, 2.75) is 19.3 Å². The van der Waals surface area contributed by atoms with Crippen LogP contribution in [0.2, 0.25) is 0 Å². The third kappa shape index (κ3) is 1.91. The predicted molar refractivity (Wildman–Crippen MR) is 71.1 cm³/mol. The summed E-state index contributed by atoms with van der Waals surface area (Å²) < 4.78 is 0. The second kappa shape index (κ2) is 4.37. The van der Waals surface area contributed by atoms with E-state index in [4.69, 9.17) is 0 Å². The number of rotatable bonds is 3. The van der Waals surface area contributed by atoms with Crippen LogP contribution in [0.1, 0.15) is 29.6 Å². The van der Waals surface area contributed by atoms with Crippen LogP contribution in [-0.2, 0) is 4.79 Å². The summed E-state index contributed by atoms with van der Waals surface area (Å²) in [4.78, 5) is 25.1. The molecule has 100 valence electrons. The standard InChI is InChI=1S/C15H17NO3/c1-16(12-8-3-2-5-11(12)15(18)19)14(17)13-9-6-4-7-10(9)13/h2-3,5,8-10,13H,4,6-7H2,1H3,(H,18,19). The van der Waals surface area contributed by atoms with Gasteiger partial charge in [0.2, 0.25) is 5.91 Å². The first-order valence-electron chi connectivity index (χ1n) is 6.71. The number of benzene rings is 1. The summed E-state index contributed by atoms with van der Waals surface area (Å²) in [5.74, 6) is 0.300. The maximum atomic E-state index is 12.4. The van der Waals surface area contributed by atoms with E-state index in [2.05, 4.69) is 0 Å². The molecular formula is C15H17NO3. The number of para-hydroxylation sites is 1. The van der Waals surface area contributed by atoms with Crippen molar-refractivity contribution in [3.63, 3.8) is 0 Å². The zero-order chi connectivity index (χ0) is 13.6. The van der Waals surface area contributed by atoms with Gasteiger partial charge in [0.1, 0.15) is 0 Å². The van der Waals surface area contributed by atoms with E-state index in [9.17, 15) is 14.7 Å². The van der Waals surface area contributed by atoms with Crippen molar-refractivity contribution in [1.82, 2.24) is 0 Å². The molecule has 1 amide bonds. The van der Waals surface area contributed by atoms with Gasteiger partial charge in [-0.15, -0.1) is 0 Å². The van der Waals surface area contributed by atoms with E-state index in [1.807, 2.05) is 0 Å². The van der Waals surface area contributed by atoms with Crippen LogP contribution in [0.25, 0.3) is 0 Å². The number of carbonyl (C=O) groups excluding carboxylic acids is 1. The van der Waals surface area contributed by atoms with Crippen LogP contribution in [0.15, 0.2) is 24.3 Å². The van der Waals surface area contributed by atoms with Crippen molar-refractivity contribution in [2.75, 3.05) is 11.9 Å². The number of carboxylic acid groups (broad SMARTS) is 1. The summed E-state index contributed by atoms with van der Waals surface area (Å²) in [6.07, 6.45) is 3.53. The first kappa shape index (κ1) is 12.2. The summed E-state index contributed by atoms with van der Waals surface area (Å²) in [6, 6.07) is 6.67. The molecule has 1 aromatic carbocycles. The Labute approximate surface area is 112 Å². The molecule has 1 aromatic rings. The molecule has 2 unspecified atom stereocenters.